The number of nitrogen functional groups attached to an aromatic ring is 1. The number of hydrogen-bond donors (Lipinski definition) is 2. The van der Waals surface area contributed by atoms with Crippen molar-refractivity contribution in [2.24, 2.45) is 5.92 Å². The van der Waals surface area contributed by atoms with Crippen LogP contribution in [0.2, 0.25) is 0 Å². The Kier molecular flexibility index (Phi) is 3.78. The number of sulfone groups is 1. The lowest BCUT2D eigenvalue weighted by atomic mass is 9.89. The van der Waals surface area contributed by atoms with Gasteiger partial charge in [-0.15, -0.1) is 0 Å². The summed E-state index contributed by atoms with van der Waals surface area (Å²) in [4.78, 5) is 12.5. The number of nitrogens with two attached hydrogens (primary N) is 1. The quantitative estimate of drug-likeness (QED) is 0.795. The lowest BCUT2D eigenvalue weighted by Gasteiger charge is -2.38. The van der Waals surface area contributed by atoms with E-state index in [-0.39, 0.29) is 23.5 Å². The van der Waals surface area contributed by atoms with Gasteiger partial charge in [0.2, 0.25) is 5.91 Å². The largest absolute Gasteiger partial charge is 0.487 e. The van der Waals surface area contributed by atoms with Crippen LogP contribution in [0.25, 0.3) is 0 Å². The highest BCUT2D eigenvalue weighted by molar-refractivity contribution is 7.91. The molecule has 0 spiro atoms. The third-order valence-electron chi connectivity index (χ3n) is 4.41. The molecule has 1 saturated heterocycles. The summed E-state index contributed by atoms with van der Waals surface area (Å²) in [5.74, 6) is 0.0701. The van der Waals surface area contributed by atoms with Gasteiger partial charge in [-0.1, -0.05) is 0 Å². The Bertz CT molecular complexity index is 742. The summed E-state index contributed by atoms with van der Waals surface area (Å²) < 4.78 is 29.1. The molecule has 0 aliphatic carbocycles. The van der Waals surface area contributed by atoms with Gasteiger partial charge in [0.25, 0.3) is 0 Å². The van der Waals surface area contributed by atoms with Crippen LogP contribution in [0, 0.1) is 5.92 Å². The molecule has 2 unspecified atom stereocenters. The zero-order valence-electron chi connectivity index (χ0n) is 13.3. The Balaban J connectivity index is 1.82. The van der Waals surface area contributed by atoms with E-state index in [0.29, 0.717) is 24.3 Å². The first kappa shape index (κ1) is 16.1. The normalized spacial score (nSPS) is 27.7. The zero-order chi connectivity index (χ0) is 16.8. The van der Waals surface area contributed by atoms with Crippen molar-refractivity contribution >= 4 is 21.4 Å². The van der Waals surface area contributed by atoms with Crippen LogP contribution in [0.1, 0.15) is 38.3 Å². The molecule has 23 heavy (non-hydrogen) atoms. The summed E-state index contributed by atoms with van der Waals surface area (Å²) in [7, 11) is -3.08. The summed E-state index contributed by atoms with van der Waals surface area (Å²) in [6.07, 6.45) is 0.999. The van der Waals surface area contributed by atoms with E-state index in [1.54, 1.807) is 12.1 Å². The zero-order valence-corrected chi connectivity index (χ0v) is 14.2. The van der Waals surface area contributed by atoms with Crippen LogP contribution < -0.4 is 15.8 Å². The number of ether oxygens (including phenoxy) is 1. The van der Waals surface area contributed by atoms with E-state index in [4.69, 9.17) is 10.5 Å². The van der Waals surface area contributed by atoms with E-state index in [0.717, 1.165) is 5.56 Å². The summed E-state index contributed by atoms with van der Waals surface area (Å²) in [5.41, 5.74) is 6.89. The van der Waals surface area contributed by atoms with Crippen LogP contribution in [-0.2, 0) is 14.6 Å². The van der Waals surface area contributed by atoms with Crippen LogP contribution in [0.5, 0.6) is 5.75 Å². The second-order valence-electron chi connectivity index (χ2n) is 7.02. The fraction of sp³-hybridized carbons (Fsp3) is 0.562. The predicted molar refractivity (Wildman–Crippen MR) is 87.8 cm³/mol. The monoisotopic (exact) mass is 338 g/mol. The molecule has 0 bridgehead atoms. The highest BCUT2D eigenvalue weighted by atomic mass is 32.2. The Morgan fingerprint density at radius 1 is 1.39 bits per heavy atom. The third kappa shape index (κ3) is 3.44. The van der Waals surface area contributed by atoms with Crippen LogP contribution >= 0.6 is 0 Å². The van der Waals surface area contributed by atoms with Crippen molar-refractivity contribution < 1.29 is 17.9 Å². The smallest absolute Gasteiger partial charge is 0.224 e. The average molecular weight is 338 g/mol. The van der Waals surface area contributed by atoms with Gasteiger partial charge in [0.1, 0.15) is 11.4 Å². The summed E-state index contributed by atoms with van der Waals surface area (Å²) in [6.45, 7) is 3.93. The van der Waals surface area contributed by atoms with E-state index in [1.807, 2.05) is 19.9 Å². The van der Waals surface area contributed by atoms with Crippen LogP contribution in [0.4, 0.5) is 5.69 Å². The number of amides is 1. The molecule has 0 radical (unpaired) electrons. The Morgan fingerprint density at radius 3 is 2.78 bits per heavy atom. The molecule has 3 rings (SSSR count). The van der Waals surface area contributed by atoms with Gasteiger partial charge in [-0.2, -0.15) is 0 Å². The van der Waals surface area contributed by atoms with Gasteiger partial charge in [-0.05, 0) is 38.5 Å². The summed E-state index contributed by atoms with van der Waals surface area (Å²) >= 11 is 0. The van der Waals surface area contributed by atoms with Crippen molar-refractivity contribution in [2.75, 3.05) is 17.2 Å². The molecule has 1 aromatic rings. The molecule has 1 amide bonds. The second-order valence-corrected chi connectivity index (χ2v) is 9.25. The van der Waals surface area contributed by atoms with E-state index in [9.17, 15) is 13.2 Å². The SMILES string of the molecule is CC1(C)CC(NC(=O)C2CCS(=O)(=O)C2)c2cc(N)ccc2O1. The predicted octanol–water partition coefficient (Wildman–Crippen LogP) is 1.42. The summed E-state index contributed by atoms with van der Waals surface area (Å²) in [6, 6.07) is 5.15. The van der Waals surface area contributed by atoms with Crippen molar-refractivity contribution in [3.05, 3.63) is 23.8 Å². The molecule has 3 N–H and O–H groups in total. The molecular weight excluding hydrogens is 316 g/mol. The number of rotatable bonds is 2. The number of carbonyl (C=O) groups is 1. The minimum absolute atomic E-state index is 0.0603. The topological polar surface area (TPSA) is 98.5 Å². The van der Waals surface area contributed by atoms with Gasteiger partial charge in [-0.25, -0.2) is 8.42 Å². The van der Waals surface area contributed by atoms with Crippen molar-refractivity contribution in [3.8, 4) is 5.75 Å². The molecule has 6 nitrogen and oxygen atoms in total. The molecule has 126 valence electrons. The lowest BCUT2D eigenvalue weighted by molar-refractivity contribution is -0.125. The first-order chi connectivity index (χ1) is 10.7. The Labute approximate surface area is 136 Å². The van der Waals surface area contributed by atoms with Gasteiger partial charge in [0.05, 0.1) is 23.5 Å². The average Bonchev–Trinajstić information content (AvgIpc) is 2.79. The molecule has 7 heteroatoms. The van der Waals surface area contributed by atoms with Crippen LogP contribution in [-0.4, -0.2) is 31.4 Å². The minimum Gasteiger partial charge on any atom is -0.487 e. The number of benzene rings is 1. The maximum atomic E-state index is 12.5. The highest BCUT2D eigenvalue weighted by Gasteiger charge is 2.38. The number of carbonyl (C=O) groups excluding carboxylic acids is 1. The first-order valence-electron chi connectivity index (χ1n) is 7.74. The van der Waals surface area contributed by atoms with Crippen LogP contribution in [0.3, 0.4) is 0 Å². The molecular formula is C16H22N2O4S. The van der Waals surface area contributed by atoms with Crippen molar-refractivity contribution in [3.63, 3.8) is 0 Å². The van der Waals surface area contributed by atoms with E-state index in [2.05, 4.69) is 5.32 Å². The van der Waals surface area contributed by atoms with Crippen molar-refractivity contribution in [1.82, 2.24) is 5.32 Å². The van der Waals surface area contributed by atoms with E-state index in [1.165, 1.54) is 0 Å². The summed E-state index contributed by atoms with van der Waals surface area (Å²) in [5, 5.41) is 3.00. The molecule has 1 aromatic carbocycles. The molecule has 2 aliphatic heterocycles. The van der Waals surface area contributed by atoms with Gasteiger partial charge in [-0.3, -0.25) is 4.79 Å². The molecule has 2 aliphatic rings. The Morgan fingerprint density at radius 2 is 2.13 bits per heavy atom. The van der Waals surface area contributed by atoms with E-state index >= 15 is 0 Å². The van der Waals surface area contributed by atoms with Gasteiger partial charge in [0, 0.05) is 17.7 Å². The molecule has 2 heterocycles. The maximum absolute atomic E-state index is 12.5. The number of anilines is 1. The number of hydrogen-bond acceptors (Lipinski definition) is 5. The van der Waals surface area contributed by atoms with Gasteiger partial charge < -0.3 is 15.8 Å². The minimum atomic E-state index is -3.08. The van der Waals surface area contributed by atoms with Gasteiger partial charge >= 0.3 is 0 Å². The van der Waals surface area contributed by atoms with Crippen molar-refractivity contribution in [1.29, 1.82) is 0 Å². The molecule has 1 fully saturated rings. The second kappa shape index (κ2) is 5.40. The molecule has 2 atom stereocenters. The lowest BCUT2D eigenvalue weighted by Crippen LogP contribution is -2.43. The Hall–Kier alpha value is -1.76. The number of nitrogens with one attached hydrogen (secondary N) is 1. The van der Waals surface area contributed by atoms with Crippen LogP contribution in [0.15, 0.2) is 18.2 Å². The third-order valence-corrected chi connectivity index (χ3v) is 6.18. The van der Waals surface area contributed by atoms with E-state index < -0.39 is 21.4 Å². The molecule has 0 aromatic heterocycles. The number of fused-ring (bicyclic) bond motifs is 1. The van der Waals surface area contributed by atoms with Gasteiger partial charge in [0.15, 0.2) is 9.84 Å². The fourth-order valence-corrected chi connectivity index (χ4v) is 5.03. The molecule has 0 saturated carbocycles. The maximum Gasteiger partial charge on any atom is 0.224 e. The fourth-order valence-electron chi connectivity index (χ4n) is 3.29. The standard InChI is InChI=1S/C16H22N2O4S/c1-16(2)8-13(12-7-11(17)3-4-14(12)22-16)18-15(19)10-5-6-23(20,21)9-10/h3-4,7,10,13H,5-6,8-9,17H2,1-2H3,(H,18,19). The van der Waals surface area contributed by atoms with Crippen molar-refractivity contribution in [2.45, 2.75) is 38.3 Å². The first-order valence-corrected chi connectivity index (χ1v) is 9.57. The highest BCUT2D eigenvalue weighted by Crippen LogP contribution is 2.40.